The van der Waals surface area contributed by atoms with Crippen LogP contribution in [0.3, 0.4) is 0 Å². The molecule has 1 heterocycles. The molecule has 5 nitrogen and oxygen atoms in total. The first-order valence-electron chi connectivity index (χ1n) is 8.90. The molecule has 1 amide bonds. The Hall–Kier alpha value is -2.24. The van der Waals surface area contributed by atoms with Crippen molar-refractivity contribution in [3.63, 3.8) is 0 Å². The van der Waals surface area contributed by atoms with Crippen LogP contribution in [0, 0.1) is 6.92 Å². The summed E-state index contributed by atoms with van der Waals surface area (Å²) in [5.74, 6) is 0.305. The van der Waals surface area contributed by atoms with E-state index in [4.69, 9.17) is 11.6 Å². The van der Waals surface area contributed by atoms with Gasteiger partial charge in [-0.1, -0.05) is 29.8 Å². The zero-order chi connectivity index (χ0) is 18.7. The number of piperazine rings is 1. The molecule has 138 valence electrons. The molecule has 1 fully saturated rings. The fourth-order valence-electron chi connectivity index (χ4n) is 3.35. The van der Waals surface area contributed by atoms with Crippen molar-refractivity contribution in [2.75, 3.05) is 36.4 Å². The summed E-state index contributed by atoms with van der Waals surface area (Å²) in [6, 6.07) is 12.7. The standard InChI is InChI=1S/C20H24ClN3O2/c1-14-7-8-16(21)13-17(14)22-20(26)15(2)23-9-11-24(12-10-23)18-5-3-4-6-19(18)25/h3-8,13,15,25H,9-12H2,1-2H3,(H,22,26)/p+1/t15-/m1/s1. The molecule has 0 aliphatic carbocycles. The van der Waals surface area contributed by atoms with Crippen molar-refractivity contribution in [1.29, 1.82) is 0 Å². The summed E-state index contributed by atoms with van der Waals surface area (Å²) < 4.78 is 0. The van der Waals surface area contributed by atoms with Gasteiger partial charge in [-0.05, 0) is 43.7 Å². The first-order valence-corrected chi connectivity index (χ1v) is 9.28. The number of carbonyl (C=O) groups excluding carboxylic acids is 1. The van der Waals surface area contributed by atoms with Gasteiger partial charge >= 0.3 is 0 Å². The number of carbonyl (C=O) groups is 1. The summed E-state index contributed by atoms with van der Waals surface area (Å²) >= 11 is 6.03. The normalized spacial score (nSPS) is 16.3. The lowest BCUT2D eigenvalue weighted by molar-refractivity contribution is -0.914. The maximum absolute atomic E-state index is 12.7. The molecular weight excluding hydrogens is 350 g/mol. The molecule has 1 saturated heterocycles. The molecule has 0 radical (unpaired) electrons. The number of halogens is 1. The molecule has 0 unspecified atom stereocenters. The molecule has 26 heavy (non-hydrogen) atoms. The van der Waals surface area contributed by atoms with Gasteiger partial charge in [0.1, 0.15) is 5.75 Å². The van der Waals surface area contributed by atoms with Crippen LogP contribution < -0.4 is 15.1 Å². The lowest BCUT2D eigenvalue weighted by atomic mass is 10.1. The summed E-state index contributed by atoms with van der Waals surface area (Å²) in [6.45, 7) is 7.21. The predicted molar refractivity (Wildman–Crippen MR) is 105 cm³/mol. The number of phenolic OH excluding ortho intramolecular Hbond substituents is 1. The average molecular weight is 375 g/mol. The highest BCUT2D eigenvalue weighted by Gasteiger charge is 2.30. The van der Waals surface area contributed by atoms with Crippen LogP contribution in [0.1, 0.15) is 12.5 Å². The Morgan fingerprint density at radius 1 is 1.23 bits per heavy atom. The third-order valence-corrected chi connectivity index (χ3v) is 5.33. The summed E-state index contributed by atoms with van der Waals surface area (Å²) in [7, 11) is 0. The molecule has 2 aromatic carbocycles. The van der Waals surface area contributed by atoms with Gasteiger partial charge in [-0.3, -0.25) is 4.79 Å². The molecule has 0 spiro atoms. The Morgan fingerprint density at radius 3 is 2.62 bits per heavy atom. The summed E-state index contributed by atoms with van der Waals surface area (Å²) in [4.78, 5) is 16.1. The number of amides is 1. The lowest BCUT2D eigenvalue weighted by Crippen LogP contribution is -3.19. The van der Waals surface area contributed by atoms with Crippen molar-refractivity contribution in [3.8, 4) is 5.75 Å². The topological polar surface area (TPSA) is 57.0 Å². The van der Waals surface area contributed by atoms with Crippen molar-refractivity contribution in [3.05, 3.63) is 53.1 Å². The van der Waals surface area contributed by atoms with E-state index in [0.717, 1.165) is 43.1 Å². The third-order valence-electron chi connectivity index (χ3n) is 5.09. The fourth-order valence-corrected chi connectivity index (χ4v) is 3.53. The molecular formula is C20H25ClN3O2+. The molecule has 0 bridgehead atoms. The van der Waals surface area contributed by atoms with Gasteiger partial charge < -0.3 is 20.2 Å². The van der Waals surface area contributed by atoms with Crippen LogP contribution in [0.4, 0.5) is 11.4 Å². The maximum atomic E-state index is 12.7. The van der Waals surface area contributed by atoms with E-state index in [0.29, 0.717) is 10.8 Å². The number of aryl methyl sites for hydroxylation is 1. The number of nitrogens with zero attached hydrogens (tertiary/aromatic N) is 1. The van der Waals surface area contributed by atoms with E-state index in [9.17, 15) is 9.90 Å². The minimum absolute atomic E-state index is 0.00127. The van der Waals surface area contributed by atoms with Gasteiger partial charge in [0, 0.05) is 10.7 Å². The van der Waals surface area contributed by atoms with Gasteiger partial charge in [0.15, 0.2) is 6.04 Å². The second kappa shape index (κ2) is 7.98. The van der Waals surface area contributed by atoms with E-state index in [2.05, 4.69) is 10.2 Å². The zero-order valence-corrected chi connectivity index (χ0v) is 15.9. The van der Waals surface area contributed by atoms with Gasteiger partial charge in [-0.15, -0.1) is 0 Å². The highest BCUT2D eigenvalue weighted by Crippen LogP contribution is 2.26. The number of para-hydroxylation sites is 2. The van der Waals surface area contributed by atoms with Crippen molar-refractivity contribution in [1.82, 2.24) is 0 Å². The lowest BCUT2D eigenvalue weighted by Gasteiger charge is -2.36. The molecule has 3 N–H and O–H groups in total. The van der Waals surface area contributed by atoms with E-state index in [-0.39, 0.29) is 11.9 Å². The Balaban J connectivity index is 1.59. The fraction of sp³-hybridized carbons (Fsp3) is 0.350. The van der Waals surface area contributed by atoms with Gasteiger partial charge in [-0.2, -0.15) is 0 Å². The number of hydrogen-bond acceptors (Lipinski definition) is 3. The van der Waals surface area contributed by atoms with Gasteiger partial charge in [-0.25, -0.2) is 0 Å². The van der Waals surface area contributed by atoms with Crippen LogP contribution in [0.25, 0.3) is 0 Å². The zero-order valence-electron chi connectivity index (χ0n) is 15.1. The van der Waals surface area contributed by atoms with Crippen LogP contribution in [0.2, 0.25) is 5.02 Å². The second-order valence-corrected chi connectivity index (χ2v) is 7.24. The van der Waals surface area contributed by atoms with Crippen molar-refractivity contribution >= 4 is 28.9 Å². The minimum Gasteiger partial charge on any atom is -0.506 e. The number of anilines is 2. The van der Waals surface area contributed by atoms with Crippen LogP contribution in [-0.4, -0.2) is 43.2 Å². The number of benzene rings is 2. The first-order chi connectivity index (χ1) is 12.5. The molecule has 6 heteroatoms. The minimum atomic E-state index is -0.153. The van der Waals surface area contributed by atoms with Crippen molar-refractivity contribution in [2.45, 2.75) is 19.9 Å². The molecule has 2 aromatic rings. The highest BCUT2D eigenvalue weighted by molar-refractivity contribution is 6.31. The van der Waals surface area contributed by atoms with E-state index in [1.165, 1.54) is 4.90 Å². The number of quaternary nitrogens is 1. The molecule has 1 atom stereocenters. The second-order valence-electron chi connectivity index (χ2n) is 6.80. The van der Waals surface area contributed by atoms with Gasteiger partial charge in [0.05, 0.1) is 31.9 Å². The van der Waals surface area contributed by atoms with Crippen LogP contribution >= 0.6 is 11.6 Å². The highest BCUT2D eigenvalue weighted by atomic mass is 35.5. The summed E-state index contributed by atoms with van der Waals surface area (Å²) in [5.41, 5.74) is 2.62. The van der Waals surface area contributed by atoms with Crippen LogP contribution in [0.15, 0.2) is 42.5 Å². The maximum Gasteiger partial charge on any atom is 0.282 e. The quantitative estimate of drug-likeness (QED) is 0.768. The number of rotatable bonds is 4. The Labute approximate surface area is 159 Å². The average Bonchev–Trinajstić information content (AvgIpc) is 2.64. The number of phenols is 1. The van der Waals surface area contributed by atoms with Gasteiger partial charge in [0.2, 0.25) is 0 Å². The number of aromatic hydroxyl groups is 1. The molecule has 1 aliphatic heterocycles. The Morgan fingerprint density at radius 2 is 1.92 bits per heavy atom. The van der Waals surface area contributed by atoms with E-state index in [1.54, 1.807) is 12.1 Å². The van der Waals surface area contributed by atoms with Gasteiger partial charge in [0.25, 0.3) is 5.91 Å². The number of hydrogen-bond donors (Lipinski definition) is 3. The third kappa shape index (κ3) is 4.11. The summed E-state index contributed by atoms with van der Waals surface area (Å²) in [6.07, 6.45) is 0. The summed E-state index contributed by atoms with van der Waals surface area (Å²) in [5, 5.41) is 13.6. The Kier molecular flexibility index (Phi) is 5.69. The molecule has 0 aromatic heterocycles. The van der Waals surface area contributed by atoms with Crippen molar-refractivity contribution in [2.24, 2.45) is 0 Å². The van der Waals surface area contributed by atoms with E-state index in [1.807, 2.05) is 44.2 Å². The smallest absolute Gasteiger partial charge is 0.282 e. The van der Waals surface area contributed by atoms with E-state index < -0.39 is 0 Å². The SMILES string of the molecule is Cc1ccc(Cl)cc1NC(=O)[C@@H](C)[NH+]1CCN(c2ccccc2O)CC1. The van der Waals surface area contributed by atoms with E-state index >= 15 is 0 Å². The Bertz CT molecular complexity index is 788. The van der Waals surface area contributed by atoms with Crippen LogP contribution in [-0.2, 0) is 4.79 Å². The largest absolute Gasteiger partial charge is 0.506 e. The first kappa shape index (κ1) is 18.5. The molecule has 0 saturated carbocycles. The van der Waals surface area contributed by atoms with Crippen LogP contribution in [0.5, 0.6) is 5.75 Å². The molecule has 3 rings (SSSR count). The predicted octanol–water partition coefficient (Wildman–Crippen LogP) is 2.09. The van der Waals surface area contributed by atoms with Crippen molar-refractivity contribution < 1.29 is 14.8 Å². The number of nitrogens with one attached hydrogen (secondary N) is 2. The monoisotopic (exact) mass is 374 g/mol. The molecule has 1 aliphatic rings.